The number of hydrogen-bond donors (Lipinski definition) is 1. The molecular formula is C23H29N2O4+. The highest BCUT2D eigenvalue weighted by atomic mass is 16.5. The number of Topliss-reactive ketones (excluding diaryl/α,β-unsaturated/α-hetero) is 1. The lowest BCUT2D eigenvalue weighted by Gasteiger charge is -2.65. The number of piperidine rings is 1. The molecule has 3 fully saturated rings. The van der Waals surface area contributed by atoms with Crippen molar-refractivity contribution in [2.75, 3.05) is 27.2 Å². The van der Waals surface area contributed by atoms with Crippen LogP contribution in [0.5, 0.6) is 5.75 Å². The number of nitrogens with two attached hydrogens (primary N) is 1. The van der Waals surface area contributed by atoms with Crippen molar-refractivity contribution in [3.63, 3.8) is 0 Å². The molecule has 5 aliphatic rings. The number of quaternary nitrogens is 1. The smallest absolute Gasteiger partial charge is 0.252 e. The minimum Gasteiger partial charge on any atom is -0.480 e. The van der Waals surface area contributed by atoms with E-state index in [-0.39, 0.29) is 5.78 Å². The summed E-state index contributed by atoms with van der Waals surface area (Å²) in [5.41, 5.74) is 7.37. The molecule has 0 radical (unpaired) electrons. The molecule has 1 saturated heterocycles. The second-order valence-corrected chi connectivity index (χ2v) is 10.2. The molecule has 2 bridgehead atoms. The van der Waals surface area contributed by atoms with Gasteiger partial charge >= 0.3 is 0 Å². The molecule has 1 amide bonds. The molecule has 2 N–H and O–H groups in total. The van der Waals surface area contributed by atoms with E-state index in [1.165, 1.54) is 24.9 Å². The lowest BCUT2D eigenvalue weighted by molar-refractivity contribution is -0.950. The summed E-state index contributed by atoms with van der Waals surface area (Å²) in [5.74, 6) is 1.00. The standard InChI is InChI=1S/C23H28N2O4/c1-25(12-13-3-4-13)10-9-22-18-14-5-6-15(21(24)27)19(18)29-20(22)16(26)7-8-23(22,28-2)17(25)11-14/h5-6,13,17,20H,3-4,7-12H2,1-2H3,(H-,24,27)/p+1/t17?,20?,22?,23-,25+/m1/s1. The topological polar surface area (TPSA) is 78.6 Å². The van der Waals surface area contributed by atoms with Crippen molar-refractivity contribution in [1.29, 1.82) is 0 Å². The zero-order valence-corrected chi connectivity index (χ0v) is 17.2. The van der Waals surface area contributed by atoms with E-state index in [4.69, 9.17) is 15.2 Å². The van der Waals surface area contributed by atoms with Gasteiger partial charge in [-0.25, -0.2) is 0 Å². The maximum absolute atomic E-state index is 13.1. The minimum absolute atomic E-state index is 0.134. The number of likely N-dealkylation sites (tertiary alicyclic amines) is 1. The first-order valence-electron chi connectivity index (χ1n) is 10.9. The average molecular weight is 397 g/mol. The molecular weight excluding hydrogens is 368 g/mol. The number of likely N-dealkylation sites (N-methyl/N-ethyl adjacent to an activating group) is 1. The lowest BCUT2D eigenvalue weighted by Crippen LogP contribution is -2.81. The van der Waals surface area contributed by atoms with Crippen molar-refractivity contribution in [3.05, 3.63) is 28.8 Å². The SMILES string of the molecule is CO[C@@]12CCC(=O)C3Oc4c(C(N)=O)ccc5c4C31CC[N@@+](C)(CC1CC1)C2C5. The number of ketones is 1. The van der Waals surface area contributed by atoms with Gasteiger partial charge in [0.25, 0.3) is 5.91 Å². The molecule has 3 unspecified atom stereocenters. The third kappa shape index (κ3) is 1.95. The van der Waals surface area contributed by atoms with Gasteiger partial charge in [0.05, 0.1) is 31.1 Å². The van der Waals surface area contributed by atoms with Crippen LogP contribution in [0.1, 0.15) is 53.6 Å². The first-order chi connectivity index (χ1) is 13.9. The fourth-order valence-corrected chi connectivity index (χ4v) is 7.53. The number of methoxy groups -OCH3 is 1. The summed E-state index contributed by atoms with van der Waals surface area (Å²) < 4.78 is 13.8. The van der Waals surface area contributed by atoms with Crippen LogP contribution in [0.25, 0.3) is 0 Å². The Balaban J connectivity index is 1.62. The maximum Gasteiger partial charge on any atom is 0.252 e. The highest BCUT2D eigenvalue weighted by Gasteiger charge is 2.77. The van der Waals surface area contributed by atoms with Crippen molar-refractivity contribution in [2.45, 2.75) is 61.7 Å². The molecule has 6 rings (SSSR count). The molecule has 0 aromatic heterocycles. The van der Waals surface area contributed by atoms with Gasteiger partial charge in [-0.3, -0.25) is 9.59 Å². The normalized spacial score (nSPS) is 41.7. The highest BCUT2D eigenvalue weighted by molar-refractivity contribution is 5.98. The molecule has 1 aromatic rings. The molecule has 2 saturated carbocycles. The fraction of sp³-hybridized carbons (Fsp3) is 0.652. The second kappa shape index (κ2) is 5.41. The van der Waals surface area contributed by atoms with Gasteiger partial charge in [0, 0.05) is 37.9 Å². The molecule has 5 atom stereocenters. The second-order valence-electron chi connectivity index (χ2n) is 10.2. The summed E-state index contributed by atoms with van der Waals surface area (Å²) in [6.07, 6.45) is 5.03. The van der Waals surface area contributed by atoms with Crippen LogP contribution in [0.3, 0.4) is 0 Å². The van der Waals surface area contributed by atoms with E-state index < -0.39 is 23.0 Å². The molecule has 1 spiro atoms. The molecule has 154 valence electrons. The largest absolute Gasteiger partial charge is 0.480 e. The first-order valence-corrected chi connectivity index (χ1v) is 10.9. The predicted molar refractivity (Wildman–Crippen MR) is 106 cm³/mol. The number of hydrogen-bond acceptors (Lipinski definition) is 4. The van der Waals surface area contributed by atoms with Crippen LogP contribution in [-0.2, 0) is 21.4 Å². The molecule has 2 aliphatic heterocycles. The van der Waals surface area contributed by atoms with Crippen molar-refractivity contribution >= 4 is 11.7 Å². The highest BCUT2D eigenvalue weighted by Crippen LogP contribution is 2.66. The number of rotatable bonds is 4. The Hall–Kier alpha value is -1.92. The van der Waals surface area contributed by atoms with Gasteiger partial charge in [-0.15, -0.1) is 0 Å². The maximum atomic E-state index is 13.1. The minimum atomic E-state index is -0.567. The van der Waals surface area contributed by atoms with E-state index in [0.29, 0.717) is 23.8 Å². The van der Waals surface area contributed by atoms with E-state index >= 15 is 0 Å². The Labute approximate surface area is 170 Å². The summed E-state index contributed by atoms with van der Waals surface area (Å²) in [7, 11) is 4.21. The Morgan fingerprint density at radius 2 is 2.14 bits per heavy atom. The zero-order valence-electron chi connectivity index (χ0n) is 17.2. The van der Waals surface area contributed by atoms with Crippen molar-refractivity contribution < 1.29 is 23.5 Å². The van der Waals surface area contributed by atoms with Crippen molar-refractivity contribution in [2.24, 2.45) is 11.7 Å². The number of amides is 1. The monoisotopic (exact) mass is 397 g/mol. The van der Waals surface area contributed by atoms with Crippen molar-refractivity contribution in [3.8, 4) is 5.75 Å². The van der Waals surface area contributed by atoms with Gasteiger partial charge in [0.15, 0.2) is 11.9 Å². The number of ether oxygens (including phenoxy) is 2. The van der Waals surface area contributed by atoms with Gasteiger partial charge in [-0.1, -0.05) is 6.07 Å². The van der Waals surface area contributed by atoms with Gasteiger partial charge in [-0.05, 0) is 30.9 Å². The zero-order chi connectivity index (χ0) is 20.2. The number of benzene rings is 1. The van der Waals surface area contributed by atoms with Crippen LogP contribution in [0.15, 0.2) is 12.1 Å². The van der Waals surface area contributed by atoms with Crippen LogP contribution < -0.4 is 10.5 Å². The molecule has 29 heavy (non-hydrogen) atoms. The Bertz CT molecular complexity index is 956. The predicted octanol–water partition coefficient (Wildman–Crippen LogP) is 1.72. The first kappa shape index (κ1) is 17.9. The van der Waals surface area contributed by atoms with Gasteiger partial charge in [0.2, 0.25) is 0 Å². The van der Waals surface area contributed by atoms with Crippen LogP contribution in [-0.4, -0.2) is 61.2 Å². The number of carbonyl (C=O) groups is 2. The van der Waals surface area contributed by atoms with E-state index in [2.05, 4.69) is 7.05 Å². The molecule has 1 aromatic carbocycles. The van der Waals surface area contributed by atoms with E-state index in [1.807, 2.05) is 13.2 Å². The number of carbonyl (C=O) groups excluding carboxylic acids is 2. The summed E-state index contributed by atoms with van der Waals surface area (Å²) >= 11 is 0. The summed E-state index contributed by atoms with van der Waals surface area (Å²) in [6.45, 7) is 2.20. The van der Waals surface area contributed by atoms with Gasteiger partial charge < -0.3 is 19.7 Å². The third-order valence-electron chi connectivity index (χ3n) is 8.89. The molecule has 6 nitrogen and oxygen atoms in total. The van der Waals surface area contributed by atoms with Gasteiger partial charge in [0.1, 0.15) is 17.4 Å². The Kier molecular flexibility index (Phi) is 3.34. The van der Waals surface area contributed by atoms with Crippen LogP contribution in [0.4, 0.5) is 0 Å². The Morgan fingerprint density at radius 3 is 2.83 bits per heavy atom. The van der Waals surface area contributed by atoms with Crippen LogP contribution in [0, 0.1) is 5.92 Å². The molecule has 2 heterocycles. The lowest BCUT2D eigenvalue weighted by atomic mass is 9.48. The van der Waals surface area contributed by atoms with E-state index in [0.717, 1.165) is 41.8 Å². The summed E-state index contributed by atoms with van der Waals surface area (Å²) in [4.78, 5) is 25.2. The average Bonchev–Trinajstić information content (AvgIpc) is 3.43. The number of nitrogens with zero attached hydrogens (tertiary/aromatic N) is 1. The fourth-order valence-electron chi connectivity index (χ4n) is 7.53. The summed E-state index contributed by atoms with van der Waals surface area (Å²) in [5, 5.41) is 0. The van der Waals surface area contributed by atoms with E-state index in [9.17, 15) is 9.59 Å². The van der Waals surface area contributed by atoms with Gasteiger partial charge in [-0.2, -0.15) is 0 Å². The quantitative estimate of drug-likeness (QED) is 0.785. The van der Waals surface area contributed by atoms with Crippen molar-refractivity contribution in [1.82, 2.24) is 0 Å². The number of primary amides is 1. The molecule has 6 heteroatoms. The Morgan fingerprint density at radius 1 is 1.34 bits per heavy atom. The van der Waals surface area contributed by atoms with E-state index in [1.54, 1.807) is 6.07 Å². The summed E-state index contributed by atoms with van der Waals surface area (Å²) in [6, 6.07) is 4.12. The molecule has 3 aliphatic carbocycles. The van der Waals surface area contributed by atoms with Crippen LogP contribution in [0.2, 0.25) is 0 Å². The van der Waals surface area contributed by atoms with Crippen LogP contribution >= 0.6 is 0 Å². The third-order valence-corrected chi connectivity index (χ3v) is 8.89.